The van der Waals surface area contributed by atoms with Crippen molar-refractivity contribution in [2.24, 2.45) is 5.92 Å². The number of hydrogen-bond acceptors (Lipinski definition) is 2. The van der Waals surface area contributed by atoms with Crippen molar-refractivity contribution in [1.29, 1.82) is 0 Å². The van der Waals surface area contributed by atoms with Crippen LogP contribution in [0.2, 0.25) is 0 Å². The van der Waals surface area contributed by atoms with Crippen LogP contribution in [0.25, 0.3) is 0 Å². The topological polar surface area (TPSA) is 32.3 Å². The molecule has 24 heavy (non-hydrogen) atoms. The van der Waals surface area contributed by atoms with Gasteiger partial charge in [0.05, 0.1) is 6.04 Å². The van der Waals surface area contributed by atoms with Gasteiger partial charge < -0.3 is 5.32 Å². The van der Waals surface area contributed by atoms with E-state index in [1.165, 1.54) is 11.1 Å². The highest BCUT2D eigenvalue weighted by Crippen LogP contribution is 2.23. The van der Waals surface area contributed by atoms with Crippen molar-refractivity contribution in [1.82, 2.24) is 10.2 Å². The lowest BCUT2D eigenvalue weighted by atomic mass is 9.94. The number of nitrogens with one attached hydrogen (secondary N) is 1. The van der Waals surface area contributed by atoms with Crippen molar-refractivity contribution in [2.45, 2.75) is 39.4 Å². The summed E-state index contributed by atoms with van der Waals surface area (Å²) < 4.78 is 0. The van der Waals surface area contributed by atoms with E-state index in [2.05, 4.69) is 48.3 Å². The molecule has 1 atom stereocenters. The molecule has 0 fully saturated rings. The van der Waals surface area contributed by atoms with E-state index < -0.39 is 0 Å². The summed E-state index contributed by atoms with van der Waals surface area (Å²) in [5.74, 6) is 0.416. The Kier molecular flexibility index (Phi) is 5.31. The number of carbonyl (C=O) groups excluding carboxylic acids is 1. The molecule has 1 heterocycles. The minimum absolute atomic E-state index is 0.0814. The Morgan fingerprint density at radius 3 is 2.42 bits per heavy atom. The number of hydrogen-bond donors (Lipinski definition) is 1. The highest BCUT2D eigenvalue weighted by Gasteiger charge is 2.31. The largest absolute Gasteiger partial charge is 0.351 e. The van der Waals surface area contributed by atoms with Crippen LogP contribution < -0.4 is 5.32 Å². The van der Waals surface area contributed by atoms with E-state index >= 15 is 0 Å². The van der Waals surface area contributed by atoms with Crippen molar-refractivity contribution in [3.8, 4) is 0 Å². The van der Waals surface area contributed by atoms with Crippen molar-refractivity contribution in [2.75, 3.05) is 6.54 Å². The summed E-state index contributed by atoms with van der Waals surface area (Å²) in [7, 11) is 0. The van der Waals surface area contributed by atoms with E-state index in [1.807, 2.05) is 30.3 Å². The fourth-order valence-corrected chi connectivity index (χ4v) is 3.53. The molecule has 2 aromatic carbocycles. The third-order valence-electron chi connectivity index (χ3n) is 4.76. The predicted molar refractivity (Wildman–Crippen MR) is 97.5 cm³/mol. The van der Waals surface area contributed by atoms with Crippen LogP contribution in [-0.2, 0) is 24.3 Å². The average molecular weight is 322 g/mol. The van der Waals surface area contributed by atoms with Crippen LogP contribution in [0.15, 0.2) is 54.6 Å². The summed E-state index contributed by atoms with van der Waals surface area (Å²) in [6.07, 6.45) is 1.02. The molecule has 2 aromatic rings. The van der Waals surface area contributed by atoms with Gasteiger partial charge in [-0.2, -0.15) is 0 Å². The maximum Gasteiger partial charge on any atom is 0.237 e. The Bertz CT molecular complexity index is 681. The zero-order valence-corrected chi connectivity index (χ0v) is 14.5. The maximum absolute atomic E-state index is 12.8. The van der Waals surface area contributed by atoms with E-state index in [-0.39, 0.29) is 17.9 Å². The normalized spacial score (nSPS) is 15.8. The molecule has 0 saturated carbocycles. The van der Waals surface area contributed by atoms with Crippen LogP contribution >= 0.6 is 0 Å². The molecular weight excluding hydrogens is 296 g/mol. The predicted octanol–water partition coefficient (Wildman–Crippen LogP) is 3.39. The first-order chi connectivity index (χ1) is 11.6. The van der Waals surface area contributed by atoms with E-state index in [9.17, 15) is 4.79 Å². The fraction of sp³-hybridized carbons (Fsp3) is 0.381. The highest BCUT2D eigenvalue weighted by molar-refractivity contribution is 5.82. The number of rotatable bonds is 5. The Hall–Kier alpha value is -2.13. The lowest BCUT2D eigenvalue weighted by Gasteiger charge is -2.36. The summed E-state index contributed by atoms with van der Waals surface area (Å²) in [6, 6.07) is 18.6. The maximum atomic E-state index is 12.8. The second-order valence-electron chi connectivity index (χ2n) is 6.88. The number of benzene rings is 2. The van der Waals surface area contributed by atoms with Gasteiger partial charge in [-0.25, -0.2) is 0 Å². The van der Waals surface area contributed by atoms with Gasteiger partial charge in [0.1, 0.15) is 0 Å². The van der Waals surface area contributed by atoms with Crippen molar-refractivity contribution in [3.63, 3.8) is 0 Å². The number of nitrogens with zero attached hydrogens (tertiary/aromatic N) is 1. The summed E-state index contributed by atoms with van der Waals surface area (Å²) >= 11 is 0. The summed E-state index contributed by atoms with van der Waals surface area (Å²) in [5, 5.41) is 3.12. The Labute approximate surface area is 144 Å². The number of amides is 1. The van der Waals surface area contributed by atoms with Crippen LogP contribution in [0.5, 0.6) is 0 Å². The summed E-state index contributed by atoms with van der Waals surface area (Å²) in [5.41, 5.74) is 3.91. The molecule has 3 rings (SSSR count). The van der Waals surface area contributed by atoms with Gasteiger partial charge in [0.15, 0.2) is 0 Å². The van der Waals surface area contributed by atoms with E-state index in [0.29, 0.717) is 6.54 Å². The molecule has 1 aliphatic heterocycles. The molecule has 0 radical (unpaired) electrons. The van der Waals surface area contributed by atoms with Crippen LogP contribution in [0, 0.1) is 5.92 Å². The molecule has 1 amide bonds. The fourth-order valence-electron chi connectivity index (χ4n) is 3.53. The van der Waals surface area contributed by atoms with Gasteiger partial charge in [-0.05, 0) is 29.0 Å². The van der Waals surface area contributed by atoms with Gasteiger partial charge in [-0.1, -0.05) is 68.4 Å². The van der Waals surface area contributed by atoms with Gasteiger partial charge in [-0.3, -0.25) is 9.69 Å². The smallest absolute Gasteiger partial charge is 0.237 e. The molecule has 0 aromatic heterocycles. The SMILES string of the molecule is CC(C)C(C(=O)NCc1ccccc1)N1CCc2ccccc2C1. The lowest BCUT2D eigenvalue weighted by Crippen LogP contribution is -2.51. The van der Waals surface area contributed by atoms with Crippen LogP contribution in [0.3, 0.4) is 0 Å². The zero-order valence-electron chi connectivity index (χ0n) is 14.5. The van der Waals surface area contributed by atoms with Gasteiger partial charge in [0.2, 0.25) is 5.91 Å². The zero-order chi connectivity index (χ0) is 16.9. The Morgan fingerprint density at radius 1 is 1.04 bits per heavy atom. The second-order valence-corrected chi connectivity index (χ2v) is 6.88. The molecule has 0 spiro atoms. The number of fused-ring (bicyclic) bond motifs is 1. The van der Waals surface area contributed by atoms with E-state index in [4.69, 9.17) is 0 Å². The monoisotopic (exact) mass is 322 g/mol. The standard InChI is InChI=1S/C21H26N2O/c1-16(2)20(21(24)22-14-17-8-4-3-5-9-17)23-13-12-18-10-6-7-11-19(18)15-23/h3-11,16,20H,12-15H2,1-2H3,(H,22,24). The quantitative estimate of drug-likeness (QED) is 0.915. The van der Waals surface area contributed by atoms with Gasteiger partial charge in [-0.15, -0.1) is 0 Å². The van der Waals surface area contributed by atoms with Gasteiger partial charge >= 0.3 is 0 Å². The Balaban J connectivity index is 1.67. The average Bonchev–Trinajstić information content (AvgIpc) is 2.60. The van der Waals surface area contributed by atoms with Crippen molar-refractivity contribution >= 4 is 5.91 Å². The third kappa shape index (κ3) is 3.85. The molecule has 126 valence electrons. The van der Waals surface area contributed by atoms with Crippen LogP contribution in [0.4, 0.5) is 0 Å². The van der Waals surface area contributed by atoms with Crippen molar-refractivity contribution in [3.05, 3.63) is 71.3 Å². The molecule has 1 unspecified atom stereocenters. The van der Waals surface area contributed by atoms with Crippen LogP contribution in [-0.4, -0.2) is 23.4 Å². The molecule has 0 bridgehead atoms. The first kappa shape index (κ1) is 16.7. The minimum atomic E-state index is -0.0814. The van der Waals surface area contributed by atoms with Gasteiger partial charge in [0.25, 0.3) is 0 Å². The third-order valence-corrected chi connectivity index (χ3v) is 4.76. The van der Waals surface area contributed by atoms with E-state index in [0.717, 1.165) is 25.1 Å². The highest BCUT2D eigenvalue weighted by atomic mass is 16.2. The first-order valence-electron chi connectivity index (χ1n) is 8.77. The minimum Gasteiger partial charge on any atom is -0.351 e. The molecule has 3 nitrogen and oxygen atoms in total. The molecule has 1 N–H and O–H groups in total. The van der Waals surface area contributed by atoms with E-state index in [1.54, 1.807) is 0 Å². The number of carbonyl (C=O) groups is 1. The second kappa shape index (κ2) is 7.63. The molecule has 0 saturated heterocycles. The summed E-state index contributed by atoms with van der Waals surface area (Å²) in [6.45, 7) is 6.66. The first-order valence-corrected chi connectivity index (χ1v) is 8.77. The van der Waals surface area contributed by atoms with Gasteiger partial charge in [0, 0.05) is 19.6 Å². The summed E-state index contributed by atoms with van der Waals surface area (Å²) in [4.78, 5) is 15.1. The molecular formula is C21H26N2O. The molecule has 0 aliphatic carbocycles. The van der Waals surface area contributed by atoms with Crippen molar-refractivity contribution < 1.29 is 4.79 Å². The Morgan fingerprint density at radius 2 is 1.71 bits per heavy atom. The van der Waals surface area contributed by atoms with Crippen LogP contribution in [0.1, 0.15) is 30.5 Å². The lowest BCUT2D eigenvalue weighted by molar-refractivity contribution is -0.128. The molecule has 3 heteroatoms. The molecule has 1 aliphatic rings.